The highest BCUT2D eigenvalue weighted by atomic mass is 19.1. The first-order valence-corrected chi connectivity index (χ1v) is 11.2. The highest BCUT2D eigenvalue weighted by molar-refractivity contribution is 5.99. The maximum absolute atomic E-state index is 13.6. The lowest BCUT2D eigenvalue weighted by Gasteiger charge is -2.36. The number of carbonyl (C=O) groups excluding carboxylic acids is 1. The summed E-state index contributed by atoms with van der Waals surface area (Å²) in [5.74, 6) is 0.676. The van der Waals surface area contributed by atoms with Gasteiger partial charge in [-0.25, -0.2) is 4.39 Å². The molecule has 0 fully saturated rings. The number of benzene rings is 2. The van der Waals surface area contributed by atoms with Crippen LogP contribution in [-0.2, 0) is 19.3 Å². The lowest BCUT2D eigenvalue weighted by Crippen LogP contribution is -2.45. The van der Waals surface area contributed by atoms with Gasteiger partial charge in [-0.2, -0.15) is 0 Å². The predicted molar refractivity (Wildman–Crippen MR) is 119 cm³/mol. The number of hydrogen-bond donors (Lipinski definition) is 2. The summed E-state index contributed by atoms with van der Waals surface area (Å²) in [7, 11) is 0. The fourth-order valence-corrected chi connectivity index (χ4v) is 5.05. The molecular formula is C25H28FN3O2. The molecule has 6 heteroatoms. The number of hydrogen-bond acceptors (Lipinski definition) is 3. The Morgan fingerprint density at radius 3 is 3.03 bits per heavy atom. The molecule has 3 aromatic rings. The number of halogens is 1. The third-order valence-electron chi connectivity index (χ3n) is 6.68. The van der Waals surface area contributed by atoms with Crippen LogP contribution in [0.1, 0.15) is 40.4 Å². The molecule has 162 valence electrons. The maximum Gasteiger partial charge on any atom is 0.251 e. The van der Waals surface area contributed by atoms with E-state index in [1.54, 1.807) is 12.1 Å². The third-order valence-corrected chi connectivity index (χ3v) is 6.68. The molecular weight excluding hydrogens is 393 g/mol. The number of nitrogens with zero attached hydrogens (tertiary/aromatic N) is 1. The van der Waals surface area contributed by atoms with Crippen molar-refractivity contribution in [1.82, 2.24) is 15.2 Å². The van der Waals surface area contributed by atoms with Crippen molar-refractivity contribution in [2.45, 2.75) is 38.6 Å². The Kier molecular flexibility index (Phi) is 5.40. The third kappa shape index (κ3) is 3.81. The highest BCUT2D eigenvalue weighted by Gasteiger charge is 2.30. The monoisotopic (exact) mass is 421 g/mol. The minimum absolute atomic E-state index is 0.0250. The molecule has 31 heavy (non-hydrogen) atoms. The summed E-state index contributed by atoms with van der Waals surface area (Å²) in [6.45, 7) is 5.37. The number of nitrogens with one attached hydrogen (secondary N) is 2. The number of H-pyrrole nitrogens is 1. The normalized spacial score (nSPS) is 17.9. The topological polar surface area (TPSA) is 57.4 Å². The van der Waals surface area contributed by atoms with Crippen LogP contribution < -0.4 is 10.1 Å². The lowest BCUT2D eigenvalue weighted by atomic mass is 9.89. The van der Waals surface area contributed by atoms with E-state index in [1.807, 2.05) is 18.3 Å². The minimum Gasteiger partial charge on any atom is -0.492 e. The van der Waals surface area contributed by atoms with E-state index in [0.717, 1.165) is 77.7 Å². The first kappa shape index (κ1) is 20.1. The van der Waals surface area contributed by atoms with E-state index < -0.39 is 0 Å². The van der Waals surface area contributed by atoms with Gasteiger partial charge < -0.3 is 15.0 Å². The standard InChI is InChI=1S/C25H28FN3O2/c1-2-29(11-3-4-17-14-28-22-7-6-18(26)12-20(17)22)19-13-21-23(31-15-19)8-5-16-9-10-27-25(30)24(16)21/h5-8,12,14,19,28H,2-4,9-11,13,15H2,1H3,(H,27,30). The smallest absolute Gasteiger partial charge is 0.251 e. The number of aryl methyl sites for hydroxylation is 1. The molecule has 0 spiro atoms. The van der Waals surface area contributed by atoms with Crippen LogP contribution in [-0.4, -0.2) is 48.1 Å². The number of likely N-dealkylation sites (N-methyl/N-ethyl adjacent to an activating group) is 1. The fourth-order valence-electron chi connectivity index (χ4n) is 5.05. The molecule has 1 unspecified atom stereocenters. The largest absolute Gasteiger partial charge is 0.492 e. The summed E-state index contributed by atoms with van der Waals surface area (Å²) in [4.78, 5) is 18.2. The van der Waals surface area contributed by atoms with Crippen molar-refractivity contribution in [1.29, 1.82) is 0 Å². The molecule has 1 aromatic heterocycles. The van der Waals surface area contributed by atoms with Gasteiger partial charge in [0.1, 0.15) is 18.2 Å². The molecule has 0 saturated carbocycles. The van der Waals surface area contributed by atoms with Gasteiger partial charge in [0.2, 0.25) is 0 Å². The Labute approximate surface area is 181 Å². The van der Waals surface area contributed by atoms with Crippen molar-refractivity contribution in [3.05, 3.63) is 64.6 Å². The number of fused-ring (bicyclic) bond motifs is 4. The molecule has 0 saturated heterocycles. The molecule has 2 aliphatic rings. The van der Waals surface area contributed by atoms with Crippen molar-refractivity contribution in [2.24, 2.45) is 0 Å². The second-order valence-corrected chi connectivity index (χ2v) is 8.49. The van der Waals surface area contributed by atoms with Crippen molar-refractivity contribution < 1.29 is 13.9 Å². The summed E-state index contributed by atoms with van der Waals surface area (Å²) in [5.41, 5.74) is 5.13. The van der Waals surface area contributed by atoms with Gasteiger partial charge in [-0.05, 0) is 74.2 Å². The molecule has 3 heterocycles. The van der Waals surface area contributed by atoms with E-state index >= 15 is 0 Å². The number of aromatic amines is 1. The average molecular weight is 422 g/mol. The second-order valence-electron chi connectivity index (χ2n) is 8.49. The Hall–Kier alpha value is -2.86. The molecule has 0 aliphatic carbocycles. The van der Waals surface area contributed by atoms with Crippen LogP contribution in [0.3, 0.4) is 0 Å². The molecule has 2 N–H and O–H groups in total. The van der Waals surface area contributed by atoms with Gasteiger partial charge >= 0.3 is 0 Å². The van der Waals surface area contributed by atoms with E-state index in [-0.39, 0.29) is 17.8 Å². The van der Waals surface area contributed by atoms with Crippen LogP contribution in [0.25, 0.3) is 10.9 Å². The van der Waals surface area contributed by atoms with E-state index in [1.165, 1.54) is 6.07 Å². The van der Waals surface area contributed by atoms with Gasteiger partial charge in [0.05, 0.1) is 0 Å². The SMILES string of the molecule is CCN(CCCc1c[nH]c2ccc(F)cc12)C1COc2ccc3c(c2C1)C(=O)NCC3. The van der Waals surface area contributed by atoms with Crippen molar-refractivity contribution in [3.8, 4) is 5.75 Å². The summed E-state index contributed by atoms with van der Waals surface area (Å²) in [6, 6.07) is 9.20. The quantitative estimate of drug-likeness (QED) is 0.636. The van der Waals surface area contributed by atoms with Crippen molar-refractivity contribution >= 4 is 16.8 Å². The van der Waals surface area contributed by atoms with Crippen LogP contribution in [0.5, 0.6) is 5.75 Å². The predicted octanol–water partition coefficient (Wildman–Crippen LogP) is 3.85. The van der Waals surface area contributed by atoms with Gasteiger partial charge in [-0.15, -0.1) is 0 Å². The van der Waals surface area contributed by atoms with Gasteiger partial charge in [0, 0.05) is 40.8 Å². The zero-order valence-corrected chi connectivity index (χ0v) is 17.8. The molecule has 1 atom stereocenters. The maximum atomic E-state index is 13.6. The van der Waals surface area contributed by atoms with E-state index in [4.69, 9.17) is 4.74 Å². The van der Waals surface area contributed by atoms with Crippen molar-refractivity contribution in [3.63, 3.8) is 0 Å². The highest BCUT2D eigenvalue weighted by Crippen LogP contribution is 2.33. The van der Waals surface area contributed by atoms with Crippen LogP contribution in [0.15, 0.2) is 36.5 Å². The van der Waals surface area contributed by atoms with E-state index in [9.17, 15) is 9.18 Å². The Morgan fingerprint density at radius 2 is 2.16 bits per heavy atom. The lowest BCUT2D eigenvalue weighted by molar-refractivity contribution is 0.0935. The van der Waals surface area contributed by atoms with Crippen LogP contribution >= 0.6 is 0 Å². The molecule has 0 bridgehead atoms. The van der Waals surface area contributed by atoms with E-state index in [0.29, 0.717) is 13.2 Å². The van der Waals surface area contributed by atoms with Crippen LogP contribution in [0.2, 0.25) is 0 Å². The molecule has 0 radical (unpaired) electrons. The molecule has 2 aliphatic heterocycles. The molecule has 5 rings (SSSR count). The number of carbonyl (C=O) groups is 1. The number of rotatable bonds is 6. The second kappa shape index (κ2) is 8.35. The molecule has 5 nitrogen and oxygen atoms in total. The summed E-state index contributed by atoms with van der Waals surface area (Å²) < 4.78 is 19.7. The Bertz CT molecular complexity index is 1120. The number of amides is 1. The average Bonchev–Trinajstić information content (AvgIpc) is 3.18. The first-order chi connectivity index (χ1) is 15.1. The molecule has 1 amide bonds. The summed E-state index contributed by atoms with van der Waals surface area (Å²) in [6.07, 6.45) is 5.57. The first-order valence-electron chi connectivity index (χ1n) is 11.2. The molecule has 2 aromatic carbocycles. The van der Waals surface area contributed by atoms with Gasteiger partial charge in [0.15, 0.2) is 0 Å². The van der Waals surface area contributed by atoms with Gasteiger partial charge in [-0.1, -0.05) is 13.0 Å². The zero-order valence-electron chi connectivity index (χ0n) is 17.8. The Balaban J connectivity index is 1.28. The number of ether oxygens (including phenoxy) is 1. The van der Waals surface area contributed by atoms with Crippen LogP contribution in [0.4, 0.5) is 4.39 Å². The van der Waals surface area contributed by atoms with Crippen LogP contribution in [0, 0.1) is 5.82 Å². The number of aromatic nitrogens is 1. The Morgan fingerprint density at radius 1 is 1.26 bits per heavy atom. The van der Waals surface area contributed by atoms with Gasteiger partial charge in [-0.3, -0.25) is 9.69 Å². The van der Waals surface area contributed by atoms with Crippen molar-refractivity contribution in [2.75, 3.05) is 26.2 Å². The van der Waals surface area contributed by atoms with Gasteiger partial charge in [0.25, 0.3) is 5.91 Å². The summed E-state index contributed by atoms with van der Waals surface area (Å²) >= 11 is 0. The van der Waals surface area contributed by atoms with E-state index in [2.05, 4.69) is 22.1 Å². The zero-order chi connectivity index (χ0) is 21.4. The summed E-state index contributed by atoms with van der Waals surface area (Å²) in [5, 5.41) is 3.95. The fraction of sp³-hybridized carbons (Fsp3) is 0.400. The minimum atomic E-state index is -0.200.